The van der Waals surface area contributed by atoms with Gasteiger partial charge in [0.1, 0.15) is 0 Å². The summed E-state index contributed by atoms with van der Waals surface area (Å²) in [5.74, 6) is -1.09. The van der Waals surface area contributed by atoms with Crippen molar-refractivity contribution in [2.75, 3.05) is 5.32 Å². The van der Waals surface area contributed by atoms with Gasteiger partial charge in [0.25, 0.3) is 0 Å². The minimum absolute atomic E-state index is 0.189. The number of alkyl halides is 3. The first-order chi connectivity index (χ1) is 8.49. The van der Waals surface area contributed by atoms with Crippen LogP contribution in [0.2, 0.25) is 0 Å². The van der Waals surface area contributed by atoms with Crippen LogP contribution in [0.4, 0.5) is 18.3 Å². The Bertz CT molecular complexity index is 518. The summed E-state index contributed by atoms with van der Waals surface area (Å²) >= 11 is 2.36. The molecule has 18 heavy (non-hydrogen) atoms. The molecule has 0 amide bonds. The third-order valence-corrected chi connectivity index (χ3v) is 4.06. The summed E-state index contributed by atoms with van der Waals surface area (Å²) in [4.78, 5) is 5.71. The summed E-state index contributed by atoms with van der Waals surface area (Å²) in [7, 11) is 0. The van der Waals surface area contributed by atoms with E-state index in [4.69, 9.17) is 0 Å². The Morgan fingerprint density at radius 2 is 2.00 bits per heavy atom. The van der Waals surface area contributed by atoms with Crippen LogP contribution in [-0.4, -0.2) is 9.36 Å². The zero-order valence-corrected chi connectivity index (χ0v) is 11.0. The second-order valence-electron chi connectivity index (χ2n) is 3.50. The maximum absolute atomic E-state index is 12.3. The number of nitrogens with zero attached hydrogens (tertiary/aromatic N) is 2. The molecule has 2 aromatic heterocycles. The highest BCUT2D eigenvalue weighted by molar-refractivity contribution is 7.12. The molecule has 0 spiro atoms. The molecule has 0 aliphatic carbocycles. The molecule has 0 fully saturated rings. The predicted molar refractivity (Wildman–Crippen MR) is 65.9 cm³/mol. The van der Waals surface area contributed by atoms with Crippen molar-refractivity contribution in [2.45, 2.75) is 26.1 Å². The van der Waals surface area contributed by atoms with Crippen molar-refractivity contribution in [1.82, 2.24) is 9.36 Å². The number of halogens is 3. The third kappa shape index (κ3) is 3.20. The minimum Gasteiger partial charge on any atom is -0.355 e. The highest BCUT2D eigenvalue weighted by Gasteiger charge is 2.36. The highest BCUT2D eigenvalue weighted by atomic mass is 32.1. The molecule has 2 aromatic rings. The van der Waals surface area contributed by atoms with Crippen LogP contribution >= 0.6 is 22.9 Å². The molecule has 2 heterocycles. The number of hydrogen-bond donors (Lipinski definition) is 1. The van der Waals surface area contributed by atoms with Crippen molar-refractivity contribution in [3.63, 3.8) is 0 Å². The first-order valence-corrected chi connectivity index (χ1v) is 6.80. The van der Waals surface area contributed by atoms with E-state index in [1.807, 2.05) is 12.1 Å². The van der Waals surface area contributed by atoms with E-state index in [0.717, 1.165) is 22.8 Å². The third-order valence-electron chi connectivity index (χ3n) is 2.16. The van der Waals surface area contributed by atoms with E-state index in [0.29, 0.717) is 6.54 Å². The van der Waals surface area contributed by atoms with Crippen LogP contribution in [0.1, 0.15) is 22.5 Å². The van der Waals surface area contributed by atoms with Gasteiger partial charge in [-0.05, 0) is 18.6 Å². The van der Waals surface area contributed by atoms with E-state index in [9.17, 15) is 13.2 Å². The lowest BCUT2D eigenvalue weighted by molar-refractivity contribution is -0.144. The largest absolute Gasteiger partial charge is 0.452 e. The van der Waals surface area contributed by atoms with Gasteiger partial charge in [-0.2, -0.15) is 22.5 Å². The maximum Gasteiger partial charge on any atom is 0.452 e. The van der Waals surface area contributed by atoms with Gasteiger partial charge in [0.2, 0.25) is 11.0 Å². The highest BCUT2D eigenvalue weighted by Crippen LogP contribution is 2.29. The molecule has 0 aromatic carbocycles. The first-order valence-electron chi connectivity index (χ1n) is 5.21. The summed E-state index contributed by atoms with van der Waals surface area (Å²) in [6, 6.07) is 3.98. The average Bonchev–Trinajstić information content (AvgIpc) is 2.94. The first kappa shape index (κ1) is 13.3. The number of thiophene rings is 1. The summed E-state index contributed by atoms with van der Waals surface area (Å²) in [5.41, 5.74) is 0. The normalized spacial score (nSPS) is 11.8. The molecule has 3 nitrogen and oxygen atoms in total. The number of aryl methyl sites for hydroxylation is 1. The summed E-state index contributed by atoms with van der Waals surface area (Å²) in [5, 5.41) is 3.03. The number of aromatic nitrogens is 2. The molecule has 0 bridgehead atoms. The van der Waals surface area contributed by atoms with Gasteiger partial charge < -0.3 is 5.32 Å². The Kier molecular flexibility index (Phi) is 3.86. The van der Waals surface area contributed by atoms with Gasteiger partial charge in [-0.1, -0.05) is 6.92 Å². The van der Waals surface area contributed by atoms with Crippen LogP contribution in [0.3, 0.4) is 0 Å². The van der Waals surface area contributed by atoms with E-state index in [2.05, 4.69) is 21.6 Å². The van der Waals surface area contributed by atoms with Gasteiger partial charge in [0.05, 0.1) is 6.54 Å². The van der Waals surface area contributed by atoms with Gasteiger partial charge in [-0.25, -0.2) is 0 Å². The molecule has 0 saturated heterocycles. The van der Waals surface area contributed by atoms with Crippen molar-refractivity contribution in [1.29, 1.82) is 0 Å². The zero-order chi connectivity index (χ0) is 13.2. The fraction of sp³-hybridized carbons (Fsp3) is 0.400. The van der Waals surface area contributed by atoms with E-state index < -0.39 is 12.0 Å². The molecule has 0 radical (unpaired) electrons. The Balaban J connectivity index is 1.96. The van der Waals surface area contributed by atoms with Gasteiger partial charge in [-0.3, -0.25) is 0 Å². The van der Waals surface area contributed by atoms with Crippen molar-refractivity contribution in [3.05, 3.63) is 27.7 Å². The molecular weight excluding hydrogens is 283 g/mol. The van der Waals surface area contributed by atoms with Crippen molar-refractivity contribution >= 4 is 28.0 Å². The minimum atomic E-state index is -4.48. The number of nitrogens with one attached hydrogen (secondary N) is 1. The zero-order valence-electron chi connectivity index (χ0n) is 9.41. The van der Waals surface area contributed by atoms with Crippen molar-refractivity contribution in [3.8, 4) is 0 Å². The molecule has 1 N–H and O–H groups in total. The Morgan fingerprint density at radius 1 is 1.28 bits per heavy atom. The lowest BCUT2D eigenvalue weighted by Gasteiger charge is -1.99. The molecule has 8 heteroatoms. The maximum atomic E-state index is 12.3. The Morgan fingerprint density at radius 3 is 2.56 bits per heavy atom. The predicted octanol–water partition coefficient (Wildman–Crippen LogP) is 3.79. The second kappa shape index (κ2) is 5.23. The van der Waals surface area contributed by atoms with E-state index in [-0.39, 0.29) is 5.13 Å². The second-order valence-corrected chi connectivity index (χ2v) is 5.50. The fourth-order valence-electron chi connectivity index (χ4n) is 1.28. The van der Waals surface area contributed by atoms with E-state index in [1.54, 1.807) is 11.3 Å². The quantitative estimate of drug-likeness (QED) is 0.932. The van der Waals surface area contributed by atoms with E-state index in [1.165, 1.54) is 4.88 Å². The van der Waals surface area contributed by atoms with Crippen LogP contribution < -0.4 is 5.32 Å². The van der Waals surface area contributed by atoms with Gasteiger partial charge >= 0.3 is 6.18 Å². The van der Waals surface area contributed by atoms with Crippen LogP contribution in [0.5, 0.6) is 0 Å². The summed E-state index contributed by atoms with van der Waals surface area (Å²) in [6.45, 7) is 2.53. The molecule has 0 aliphatic heterocycles. The van der Waals surface area contributed by atoms with Crippen LogP contribution in [0.25, 0.3) is 0 Å². The molecular formula is C10H10F3N3S2. The van der Waals surface area contributed by atoms with E-state index >= 15 is 0 Å². The van der Waals surface area contributed by atoms with Crippen molar-refractivity contribution < 1.29 is 13.2 Å². The smallest absolute Gasteiger partial charge is 0.355 e. The standard InChI is InChI=1S/C10H10F3N3S2/c1-2-6-3-4-7(17-6)5-14-9-15-8(16-18-9)10(11,12)13/h3-4H,2,5H2,1H3,(H,14,15,16). The van der Waals surface area contributed by atoms with Crippen LogP contribution in [0, 0.1) is 0 Å². The fourth-order valence-corrected chi connectivity index (χ4v) is 2.76. The summed E-state index contributed by atoms with van der Waals surface area (Å²) < 4.78 is 40.1. The van der Waals surface area contributed by atoms with Gasteiger partial charge in [0, 0.05) is 21.3 Å². The molecule has 0 atom stereocenters. The topological polar surface area (TPSA) is 37.8 Å². The summed E-state index contributed by atoms with van der Waals surface area (Å²) in [6.07, 6.45) is -3.52. The van der Waals surface area contributed by atoms with Gasteiger partial charge in [-0.15, -0.1) is 11.3 Å². The molecule has 0 saturated carbocycles. The Labute approximate surface area is 110 Å². The molecule has 0 aliphatic rings. The average molecular weight is 293 g/mol. The number of rotatable bonds is 4. The van der Waals surface area contributed by atoms with Crippen LogP contribution in [-0.2, 0) is 19.1 Å². The molecule has 98 valence electrons. The van der Waals surface area contributed by atoms with Crippen molar-refractivity contribution in [2.24, 2.45) is 0 Å². The van der Waals surface area contributed by atoms with Crippen LogP contribution in [0.15, 0.2) is 12.1 Å². The SMILES string of the molecule is CCc1ccc(CNc2nc(C(F)(F)F)ns2)s1. The lowest BCUT2D eigenvalue weighted by atomic mass is 10.4. The lowest BCUT2D eigenvalue weighted by Crippen LogP contribution is -2.07. The monoisotopic (exact) mass is 293 g/mol. The Hall–Kier alpha value is -1.15. The van der Waals surface area contributed by atoms with Gasteiger partial charge in [0.15, 0.2) is 0 Å². The number of anilines is 1. The molecule has 2 rings (SSSR count). The number of hydrogen-bond acceptors (Lipinski definition) is 5. The molecule has 0 unspecified atom stereocenters.